The molecule has 0 saturated heterocycles. The molecule has 5 rings (SSSR count). The zero-order valence-corrected chi connectivity index (χ0v) is 17.2. The van der Waals surface area contributed by atoms with E-state index in [-0.39, 0.29) is 0 Å². The molecule has 0 radical (unpaired) electrons. The van der Waals surface area contributed by atoms with Crippen molar-refractivity contribution in [2.24, 2.45) is 0 Å². The minimum atomic E-state index is -4.21. The first-order valence-corrected chi connectivity index (χ1v) is 11.3. The van der Waals surface area contributed by atoms with Crippen LogP contribution in [0.4, 0.5) is 17.1 Å². The van der Waals surface area contributed by atoms with Gasteiger partial charge in [0.05, 0.1) is 0 Å². The van der Waals surface area contributed by atoms with Crippen LogP contribution in [0.1, 0.15) is 0 Å². The number of nitrogens with two attached hydrogens (primary N) is 1. The average Bonchev–Trinajstić information content (AvgIpc) is 3.11. The van der Waals surface area contributed by atoms with Crippen LogP contribution in [-0.4, -0.2) is 0 Å². The van der Waals surface area contributed by atoms with E-state index in [1.165, 1.54) is 0 Å². The first-order chi connectivity index (χ1) is 13.3. The topological polar surface area (TPSA) is 77.8 Å². The van der Waals surface area contributed by atoms with Gasteiger partial charge >= 0.3 is 176 Å². The summed E-state index contributed by atoms with van der Waals surface area (Å²) < 4.78 is 18.9. The van der Waals surface area contributed by atoms with Gasteiger partial charge in [-0.2, -0.15) is 0 Å². The predicted octanol–water partition coefficient (Wildman–Crippen LogP) is 6.75. The van der Waals surface area contributed by atoms with Gasteiger partial charge in [0.1, 0.15) is 0 Å². The van der Waals surface area contributed by atoms with Crippen LogP contribution < -0.4 is 29.5 Å². The van der Waals surface area contributed by atoms with E-state index in [0.29, 0.717) is 49.4 Å². The van der Waals surface area contributed by atoms with E-state index in [9.17, 15) is 0 Å². The summed E-state index contributed by atoms with van der Waals surface area (Å²) in [5.74, 6) is 1.40. The number of fused-ring (bicyclic) bond motifs is 2. The summed E-state index contributed by atoms with van der Waals surface area (Å²) in [6, 6.07) is 15.3. The van der Waals surface area contributed by atoms with Crippen molar-refractivity contribution in [2.75, 3.05) is 15.9 Å². The molecule has 0 saturated carbocycles. The Morgan fingerprint density at radius 1 is 0.750 bits per heavy atom. The number of benzene rings is 3. The van der Waals surface area contributed by atoms with Gasteiger partial charge in [-0.3, -0.25) is 0 Å². The standard InChI is InChI=1S/C18H13Cl3N3O3P/c19-10-1-4-16(13(22)7-10)25-28(23-14-8-11(20)2-5-17(14)26-28)24-15-9-12(21)3-6-18(15)27-28/h1-9,23-24H,22H2. The molecule has 6 nitrogen and oxygen atoms in total. The maximum atomic E-state index is 6.34. The monoisotopic (exact) mass is 455 g/mol. The van der Waals surface area contributed by atoms with Crippen LogP contribution in [0.2, 0.25) is 15.1 Å². The molecule has 0 bridgehead atoms. The fourth-order valence-corrected chi connectivity index (χ4v) is 6.82. The Balaban J connectivity index is 1.65. The maximum absolute atomic E-state index is 6.34. The number of nitrogens with one attached hydrogen (secondary N) is 2. The van der Waals surface area contributed by atoms with Crippen LogP contribution in [0.25, 0.3) is 0 Å². The number of anilines is 3. The van der Waals surface area contributed by atoms with Gasteiger partial charge in [0.15, 0.2) is 0 Å². The van der Waals surface area contributed by atoms with Crippen molar-refractivity contribution in [2.45, 2.75) is 0 Å². The van der Waals surface area contributed by atoms with Gasteiger partial charge in [0.25, 0.3) is 0 Å². The Bertz CT molecular complexity index is 1080. The SMILES string of the molecule is Nc1cc(Cl)ccc1OP12(Nc3cc(Cl)ccc3O1)Nc1cc(Cl)ccc1O2. The molecular formula is C18H13Cl3N3O3P. The summed E-state index contributed by atoms with van der Waals surface area (Å²) in [4.78, 5) is 0. The summed E-state index contributed by atoms with van der Waals surface area (Å²) in [6.45, 7) is 0. The van der Waals surface area contributed by atoms with Gasteiger partial charge in [-0.25, -0.2) is 0 Å². The van der Waals surface area contributed by atoms with Gasteiger partial charge in [-0.1, -0.05) is 0 Å². The normalized spacial score (nSPS) is 18.5. The molecule has 0 unspecified atom stereocenters. The Labute approximate surface area is 175 Å². The Morgan fingerprint density at radius 2 is 1.25 bits per heavy atom. The van der Waals surface area contributed by atoms with Gasteiger partial charge in [0, 0.05) is 0 Å². The van der Waals surface area contributed by atoms with E-state index in [4.69, 9.17) is 54.1 Å². The Kier molecular flexibility index (Phi) is 3.74. The summed E-state index contributed by atoms with van der Waals surface area (Å²) in [7, 11) is -4.21. The Hall–Kier alpha value is -2.24. The van der Waals surface area contributed by atoms with Crippen molar-refractivity contribution in [1.29, 1.82) is 0 Å². The quantitative estimate of drug-likeness (QED) is 0.293. The number of hydrogen-bond acceptors (Lipinski definition) is 6. The summed E-state index contributed by atoms with van der Waals surface area (Å²) in [5.41, 5.74) is 7.70. The van der Waals surface area contributed by atoms with Crippen LogP contribution in [0.15, 0.2) is 54.6 Å². The van der Waals surface area contributed by atoms with Crippen molar-refractivity contribution in [3.05, 3.63) is 69.7 Å². The predicted molar refractivity (Wildman–Crippen MR) is 115 cm³/mol. The fourth-order valence-electron chi connectivity index (χ4n) is 3.11. The van der Waals surface area contributed by atoms with Crippen LogP contribution >= 0.6 is 42.4 Å². The first kappa shape index (κ1) is 17.8. The number of halogens is 3. The molecular weight excluding hydrogens is 444 g/mol. The van der Waals surface area contributed by atoms with Crippen molar-refractivity contribution in [1.82, 2.24) is 0 Å². The van der Waals surface area contributed by atoms with Crippen molar-refractivity contribution >= 4 is 59.5 Å². The van der Waals surface area contributed by atoms with E-state index in [1.54, 1.807) is 54.6 Å². The molecule has 2 heterocycles. The molecule has 0 aromatic heterocycles. The summed E-state index contributed by atoms with van der Waals surface area (Å²) >= 11 is 18.3. The number of rotatable bonds is 2. The van der Waals surface area contributed by atoms with E-state index in [1.807, 2.05) is 0 Å². The van der Waals surface area contributed by atoms with Crippen LogP contribution in [0.3, 0.4) is 0 Å². The second kappa shape index (κ2) is 5.88. The van der Waals surface area contributed by atoms with Crippen LogP contribution in [-0.2, 0) is 0 Å². The zero-order valence-electron chi connectivity index (χ0n) is 14.1. The van der Waals surface area contributed by atoms with Gasteiger partial charge in [-0.05, 0) is 0 Å². The molecule has 0 aliphatic carbocycles. The van der Waals surface area contributed by atoms with E-state index in [2.05, 4.69) is 10.2 Å². The number of nitrogen functional groups attached to an aromatic ring is 1. The van der Waals surface area contributed by atoms with Crippen LogP contribution in [0, 0.1) is 0 Å². The molecule has 1 spiro atoms. The van der Waals surface area contributed by atoms with Gasteiger partial charge < -0.3 is 0 Å². The summed E-state index contributed by atoms with van der Waals surface area (Å²) in [5, 5.41) is 8.09. The molecule has 0 amide bonds. The second-order valence-electron chi connectivity index (χ2n) is 6.34. The van der Waals surface area contributed by atoms with E-state index in [0.717, 1.165) is 0 Å². The van der Waals surface area contributed by atoms with Gasteiger partial charge in [0.2, 0.25) is 0 Å². The third kappa shape index (κ3) is 2.76. The minimum absolute atomic E-state index is 0.338. The molecule has 144 valence electrons. The third-order valence-corrected chi connectivity index (χ3v) is 7.82. The van der Waals surface area contributed by atoms with E-state index >= 15 is 0 Å². The average molecular weight is 457 g/mol. The van der Waals surface area contributed by atoms with E-state index < -0.39 is 7.59 Å². The van der Waals surface area contributed by atoms with Crippen molar-refractivity contribution < 1.29 is 13.6 Å². The second-order valence-corrected chi connectivity index (χ2v) is 10.4. The Morgan fingerprint density at radius 3 is 1.79 bits per heavy atom. The first-order valence-electron chi connectivity index (χ1n) is 8.18. The molecule has 3 aromatic carbocycles. The molecule has 0 atom stereocenters. The summed E-state index contributed by atoms with van der Waals surface area (Å²) in [6.07, 6.45) is 0. The molecule has 10 heteroatoms. The molecule has 28 heavy (non-hydrogen) atoms. The molecule has 0 fully saturated rings. The molecule has 2 aliphatic heterocycles. The third-order valence-electron chi connectivity index (χ3n) is 4.27. The zero-order chi connectivity index (χ0) is 19.5. The van der Waals surface area contributed by atoms with Gasteiger partial charge in [-0.15, -0.1) is 0 Å². The molecule has 3 aromatic rings. The van der Waals surface area contributed by atoms with Crippen molar-refractivity contribution in [3.63, 3.8) is 0 Å². The number of hydrogen-bond donors (Lipinski definition) is 3. The molecule has 2 aliphatic rings. The fraction of sp³-hybridized carbons (Fsp3) is 0. The van der Waals surface area contributed by atoms with Crippen molar-refractivity contribution in [3.8, 4) is 17.2 Å². The van der Waals surface area contributed by atoms with Crippen LogP contribution in [0.5, 0.6) is 17.2 Å². The molecule has 4 N–H and O–H groups in total.